The smallest absolute Gasteiger partial charge is 0.0706 e. The van der Waals surface area contributed by atoms with Crippen LogP contribution in [0.25, 0.3) is 0 Å². The van der Waals surface area contributed by atoms with Gasteiger partial charge in [-0.25, -0.2) is 0 Å². The Kier molecular flexibility index (Phi) is 3.95. The average molecular weight is 223 g/mol. The normalized spacial score (nSPS) is 11.9. The molecule has 1 aromatic carbocycles. The van der Waals surface area contributed by atoms with Gasteiger partial charge in [-0.3, -0.25) is 0 Å². The van der Waals surface area contributed by atoms with Crippen LogP contribution in [0.5, 0.6) is 0 Å². The van der Waals surface area contributed by atoms with E-state index in [1.807, 2.05) is 37.5 Å². The Labute approximate surface area is 96.1 Å². The molecule has 0 aliphatic rings. The number of aryl methyl sites for hydroxylation is 1. The minimum absolute atomic E-state index is 0. The van der Waals surface area contributed by atoms with Crippen molar-refractivity contribution in [2.45, 2.75) is 6.04 Å². The topological polar surface area (TPSA) is 30.9 Å². The second-order valence-corrected chi connectivity index (χ2v) is 3.43. The zero-order valence-corrected chi connectivity index (χ0v) is 9.45. The van der Waals surface area contributed by atoms with E-state index in [2.05, 4.69) is 22.8 Å². The highest BCUT2D eigenvalue weighted by Gasteiger charge is 2.10. The molecule has 2 N–H and O–H groups in total. The van der Waals surface area contributed by atoms with E-state index >= 15 is 0 Å². The van der Waals surface area contributed by atoms with Crippen LogP contribution in [0, 0.1) is 0 Å². The molecule has 2 rings (SSSR count). The SMILES string of the molecule is Cl.Cn1cccc1C(N)c1ccccc1. The Balaban J connectivity index is 0.00000112. The molecular formula is C12H15ClN2. The van der Waals surface area contributed by atoms with E-state index in [4.69, 9.17) is 5.73 Å². The second-order valence-electron chi connectivity index (χ2n) is 3.43. The lowest BCUT2D eigenvalue weighted by molar-refractivity contribution is 0.747. The number of hydrogen-bond acceptors (Lipinski definition) is 1. The maximum absolute atomic E-state index is 6.14. The first-order valence-corrected chi connectivity index (χ1v) is 4.71. The molecule has 1 unspecified atom stereocenters. The standard InChI is InChI=1S/C12H14N2.ClH/c1-14-9-5-8-11(14)12(13)10-6-3-2-4-7-10;/h2-9,12H,13H2,1H3;1H. The summed E-state index contributed by atoms with van der Waals surface area (Å²) in [6, 6.07) is 14.2. The van der Waals surface area contributed by atoms with E-state index < -0.39 is 0 Å². The first-order chi connectivity index (χ1) is 6.79. The maximum atomic E-state index is 6.14. The summed E-state index contributed by atoms with van der Waals surface area (Å²) in [5.41, 5.74) is 8.42. The highest BCUT2D eigenvalue weighted by Crippen LogP contribution is 2.18. The van der Waals surface area contributed by atoms with E-state index in [-0.39, 0.29) is 18.4 Å². The van der Waals surface area contributed by atoms with Gasteiger partial charge in [-0.05, 0) is 17.7 Å². The van der Waals surface area contributed by atoms with Crippen LogP contribution in [-0.2, 0) is 7.05 Å². The maximum Gasteiger partial charge on any atom is 0.0706 e. The van der Waals surface area contributed by atoms with E-state index in [1.165, 1.54) is 0 Å². The van der Waals surface area contributed by atoms with Crippen molar-refractivity contribution in [3.63, 3.8) is 0 Å². The molecule has 0 amide bonds. The molecule has 0 saturated carbocycles. The van der Waals surface area contributed by atoms with Gasteiger partial charge < -0.3 is 10.3 Å². The van der Waals surface area contributed by atoms with Gasteiger partial charge in [0.1, 0.15) is 0 Å². The van der Waals surface area contributed by atoms with Crippen LogP contribution in [0.4, 0.5) is 0 Å². The van der Waals surface area contributed by atoms with Crippen molar-refractivity contribution in [1.29, 1.82) is 0 Å². The van der Waals surface area contributed by atoms with Gasteiger partial charge in [0.25, 0.3) is 0 Å². The number of nitrogens with two attached hydrogens (primary N) is 1. The average Bonchev–Trinajstić information content (AvgIpc) is 2.65. The summed E-state index contributed by atoms with van der Waals surface area (Å²) in [5, 5.41) is 0. The van der Waals surface area contributed by atoms with Crippen LogP contribution in [0.1, 0.15) is 17.3 Å². The number of nitrogens with zero attached hydrogens (tertiary/aromatic N) is 1. The van der Waals surface area contributed by atoms with Crippen molar-refractivity contribution in [2.24, 2.45) is 12.8 Å². The lowest BCUT2D eigenvalue weighted by Crippen LogP contribution is -2.14. The third-order valence-corrected chi connectivity index (χ3v) is 2.46. The zero-order chi connectivity index (χ0) is 9.97. The predicted octanol–water partition coefficient (Wildman–Crippen LogP) is 2.50. The quantitative estimate of drug-likeness (QED) is 0.832. The molecule has 0 radical (unpaired) electrons. The van der Waals surface area contributed by atoms with E-state index in [1.54, 1.807) is 0 Å². The third-order valence-electron chi connectivity index (χ3n) is 2.46. The fourth-order valence-corrected chi connectivity index (χ4v) is 1.63. The molecule has 0 bridgehead atoms. The fraction of sp³-hybridized carbons (Fsp3) is 0.167. The number of benzene rings is 1. The van der Waals surface area contributed by atoms with Gasteiger partial charge in [0, 0.05) is 18.9 Å². The Morgan fingerprint density at radius 2 is 1.73 bits per heavy atom. The first kappa shape index (κ1) is 11.8. The highest BCUT2D eigenvalue weighted by atomic mass is 35.5. The molecule has 80 valence electrons. The molecule has 0 aliphatic heterocycles. The van der Waals surface area contributed by atoms with Crippen LogP contribution >= 0.6 is 12.4 Å². The van der Waals surface area contributed by atoms with E-state index in [9.17, 15) is 0 Å². The van der Waals surface area contributed by atoms with Crippen LogP contribution in [0.15, 0.2) is 48.7 Å². The summed E-state index contributed by atoms with van der Waals surface area (Å²) < 4.78 is 2.05. The molecule has 2 aromatic rings. The van der Waals surface area contributed by atoms with Gasteiger partial charge in [0.2, 0.25) is 0 Å². The minimum atomic E-state index is -0.0313. The van der Waals surface area contributed by atoms with Gasteiger partial charge in [-0.2, -0.15) is 0 Å². The van der Waals surface area contributed by atoms with Crippen LogP contribution in [-0.4, -0.2) is 4.57 Å². The highest BCUT2D eigenvalue weighted by molar-refractivity contribution is 5.85. The van der Waals surface area contributed by atoms with Crippen molar-refractivity contribution in [1.82, 2.24) is 4.57 Å². The van der Waals surface area contributed by atoms with Crippen molar-refractivity contribution >= 4 is 12.4 Å². The van der Waals surface area contributed by atoms with Gasteiger partial charge in [-0.15, -0.1) is 12.4 Å². The van der Waals surface area contributed by atoms with Crippen LogP contribution in [0.2, 0.25) is 0 Å². The lowest BCUT2D eigenvalue weighted by Gasteiger charge is -2.12. The van der Waals surface area contributed by atoms with Crippen molar-refractivity contribution < 1.29 is 0 Å². The molecular weight excluding hydrogens is 208 g/mol. The first-order valence-electron chi connectivity index (χ1n) is 4.71. The second kappa shape index (κ2) is 5.01. The van der Waals surface area contributed by atoms with Crippen LogP contribution in [0.3, 0.4) is 0 Å². The summed E-state index contributed by atoms with van der Waals surface area (Å²) in [7, 11) is 2.01. The molecule has 1 aromatic heterocycles. The Morgan fingerprint density at radius 3 is 2.27 bits per heavy atom. The predicted molar refractivity (Wildman–Crippen MR) is 65.1 cm³/mol. The number of halogens is 1. The summed E-state index contributed by atoms with van der Waals surface area (Å²) in [5.74, 6) is 0. The van der Waals surface area contributed by atoms with Gasteiger partial charge in [0.15, 0.2) is 0 Å². The molecule has 3 heteroatoms. The van der Waals surface area contributed by atoms with Crippen molar-refractivity contribution in [3.8, 4) is 0 Å². The van der Waals surface area contributed by atoms with E-state index in [0.717, 1.165) is 11.3 Å². The summed E-state index contributed by atoms with van der Waals surface area (Å²) >= 11 is 0. The Morgan fingerprint density at radius 1 is 1.07 bits per heavy atom. The Bertz CT molecular complexity index is 409. The van der Waals surface area contributed by atoms with Crippen molar-refractivity contribution in [2.75, 3.05) is 0 Å². The molecule has 0 spiro atoms. The van der Waals surface area contributed by atoms with Gasteiger partial charge in [0.05, 0.1) is 6.04 Å². The van der Waals surface area contributed by atoms with Crippen LogP contribution < -0.4 is 5.73 Å². The summed E-state index contributed by atoms with van der Waals surface area (Å²) in [6.07, 6.45) is 2.01. The number of hydrogen-bond donors (Lipinski definition) is 1. The van der Waals surface area contributed by atoms with Crippen molar-refractivity contribution in [3.05, 3.63) is 59.9 Å². The minimum Gasteiger partial charge on any atom is -0.353 e. The summed E-state index contributed by atoms with van der Waals surface area (Å²) in [4.78, 5) is 0. The molecule has 0 fully saturated rings. The molecule has 1 heterocycles. The third kappa shape index (κ3) is 2.41. The fourth-order valence-electron chi connectivity index (χ4n) is 1.63. The zero-order valence-electron chi connectivity index (χ0n) is 8.63. The summed E-state index contributed by atoms with van der Waals surface area (Å²) in [6.45, 7) is 0. The molecule has 1 atom stereocenters. The monoisotopic (exact) mass is 222 g/mol. The molecule has 0 saturated heterocycles. The number of aromatic nitrogens is 1. The number of rotatable bonds is 2. The molecule has 0 aliphatic carbocycles. The van der Waals surface area contributed by atoms with Gasteiger partial charge in [-0.1, -0.05) is 30.3 Å². The lowest BCUT2D eigenvalue weighted by atomic mass is 10.1. The van der Waals surface area contributed by atoms with E-state index in [0.29, 0.717) is 0 Å². The Hall–Kier alpha value is -1.25. The largest absolute Gasteiger partial charge is 0.353 e. The van der Waals surface area contributed by atoms with Gasteiger partial charge >= 0.3 is 0 Å². The molecule has 15 heavy (non-hydrogen) atoms. The molecule has 2 nitrogen and oxygen atoms in total.